The van der Waals surface area contributed by atoms with Crippen molar-refractivity contribution < 1.29 is 0 Å². The zero-order valence-electron chi connectivity index (χ0n) is 12.1. The van der Waals surface area contributed by atoms with E-state index in [1.807, 2.05) is 65.4 Å². The van der Waals surface area contributed by atoms with E-state index in [2.05, 4.69) is 9.97 Å². The first-order chi connectivity index (χ1) is 11.2. The van der Waals surface area contributed by atoms with Crippen LogP contribution in [0.2, 0.25) is 5.15 Å². The second kappa shape index (κ2) is 5.41. The maximum absolute atomic E-state index is 6.36. The average molecular weight is 321 g/mol. The molecule has 5 heteroatoms. The molecule has 0 aliphatic carbocycles. The zero-order valence-corrected chi connectivity index (χ0v) is 12.9. The number of anilines is 1. The molecule has 112 valence electrons. The molecule has 2 N–H and O–H groups in total. The lowest BCUT2D eigenvalue weighted by molar-refractivity contribution is 1.08. The van der Waals surface area contributed by atoms with Crippen LogP contribution in [0.4, 0.5) is 5.69 Å². The molecule has 23 heavy (non-hydrogen) atoms. The van der Waals surface area contributed by atoms with Gasteiger partial charge in [-0.05, 0) is 29.8 Å². The van der Waals surface area contributed by atoms with E-state index in [9.17, 15) is 0 Å². The van der Waals surface area contributed by atoms with Crippen molar-refractivity contribution in [2.24, 2.45) is 0 Å². The van der Waals surface area contributed by atoms with Crippen LogP contribution in [-0.4, -0.2) is 14.5 Å². The molecule has 0 fully saturated rings. The highest BCUT2D eigenvalue weighted by Crippen LogP contribution is 2.35. The van der Waals surface area contributed by atoms with Crippen molar-refractivity contribution in [1.82, 2.24) is 14.5 Å². The first-order valence-electron chi connectivity index (χ1n) is 7.17. The molecule has 4 rings (SSSR count). The van der Waals surface area contributed by atoms with E-state index in [-0.39, 0.29) is 0 Å². The Morgan fingerprint density at radius 1 is 0.913 bits per heavy atom. The van der Waals surface area contributed by atoms with Gasteiger partial charge in [-0.1, -0.05) is 41.9 Å². The molecule has 0 unspecified atom stereocenters. The third kappa shape index (κ3) is 2.33. The molecule has 0 aliphatic rings. The highest BCUT2D eigenvalue weighted by atomic mass is 35.5. The Labute approximate surface area is 138 Å². The van der Waals surface area contributed by atoms with E-state index >= 15 is 0 Å². The van der Waals surface area contributed by atoms with Crippen LogP contribution in [0.5, 0.6) is 0 Å². The van der Waals surface area contributed by atoms with Crippen molar-refractivity contribution in [2.45, 2.75) is 0 Å². The zero-order chi connectivity index (χ0) is 15.8. The van der Waals surface area contributed by atoms with E-state index in [1.165, 1.54) is 6.33 Å². The number of nitrogens with two attached hydrogens (primary N) is 1. The van der Waals surface area contributed by atoms with Gasteiger partial charge in [-0.2, -0.15) is 0 Å². The van der Waals surface area contributed by atoms with Crippen LogP contribution >= 0.6 is 11.6 Å². The second-order valence-electron chi connectivity index (χ2n) is 5.23. The number of para-hydroxylation sites is 1. The summed E-state index contributed by atoms with van der Waals surface area (Å²) in [5, 5.41) is 1.28. The van der Waals surface area contributed by atoms with Crippen molar-refractivity contribution in [2.75, 3.05) is 5.73 Å². The maximum atomic E-state index is 6.36. The predicted octanol–water partition coefficient (Wildman–Crippen LogP) is 4.32. The van der Waals surface area contributed by atoms with Gasteiger partial charge >= 0.3 is 0 Å². The molecule has 0 radical (unpaired) electrons. The Balaban J connectivity index is 2.04. The molecule has 0 bridgehead atoms. The van der Waals surface area contributed by atoms with E-state index < -0.39 is 0 Å². The number of benzene rings is 2. The van der Waals surface area contributed by atoms with Crippen molar-refractivity contribution in [3.63, 3.8) is 0 Å². The van der Waals surface area contributed by atoms with Crippen molar-refractivity contribution >= 4 is 28.3 Å². The number of nitrogen functional groups attached to an aromatic ring is 1. The number of nitrogens with zero attached hydrogens (tertiary/aromatic N) is 3. The van der Waals surface area contributed by atoms with E-state index in [4.69, 9.17) is 17.3 Å². The highest BCUT2D eigenvalue weighted by Gasteiger charge is 2.16. The highest BCUT2D eigenvalue weighted by molar-refractivity contribution is 6.35. The fourth-order valence-electron chi connectivity index (χ4n) is 2.69. The minimum atomic E-state index is 0.441. The molecular formula is C18H13ClN4. The maximum Gasteiger partial charge on any atom is 0.150 e. The largest absolute Gasteiger partial charge is 0.399 e. The summed E-state index contributed by atoms with van der Waals surface area (Å²) in [7, 11) is 0. The Morgan fingerprint density at radius 3 is 2.39 bits per heavy atom. The Bertz CT molecular complexity index is 975. The first-order valence-corrected chi connectivity index (χ1v) is 7.55. The lowest BCUT2D eigenvalue weighted by Gasteiger charge is -2.03. The quantitative estimate of drug-likeness (QED) is 0.442. The Kier molecular flexibility index (Phi) is 3.24. The minimum Gasteiger partial charge on any atom is -0.399 e. The molecule has 0 spiro atoms. The van der Waals surface area contributed by atoms with E-state index in [1.54, 1.807) is 0 Å². The van der Waals surface area contributed by atoms with Crippen LogP contribution < -0.4 is 5.73 Å². The summed E-state index contributed by atoms with van der Waals surface area (Å²) in [5.41, 5.74) is 10.3. The molecule has 0 aliphatic heterocycles. The monoisotopic (exact) mass is 320 g/mol. The summed E-state index contributed by atoms with van der Waals surface area (Å²) in [6.07, 6.45) is 3.52. The number of hydrogen-bond acceptors (Lipinski definition) is 3. The van der Waals surface area contributed by atoms with Crippen LogP contribution in [0.3, 0.4) is 0 Å². The van der Waals surface area contributed by atoms with Crippen molar-refractivity contribution in [3.05, 3.63) is 72.3 Å². The topological polar surface area (TPSA) is 56.7 Å². The van der Waals surface area contributed by atoms with Gasteiger partial charge in [-0.25, -0.2) is 9.97 Å². The van der Waals surface area contributed by atoms with Crippen LogP contribution in [0, 0.1) is 0 Å². The predicted molar refractivity (Wildman–Crippen MR) is 93.7 cm³/mol. The van der Waals surface area contributed by atoms with Gasteiger partial charge in [0.1, 0.15) is 17.1 Å². The summed E-state index contributed by atoms with van der Waals surface area (Å²) >= 11 is 6.36. The average Bonchev–Trinajstić information content (AvgIpc) is 2.97. The molecule has 0 amide bonds. The van der Waals surface area contributed by atoms with Crippen LogP contribution in [0.25, 0.3) is 27.8 Å². The Morgan fingerprint density at radius 2 is 1.65 bits per heavy atom. The van der Waals surface area contributed by atoms with Gasteiger partial charge in [0, 0.05) is 23.1 Å². The number of hydrogen-bond donors (Lipinski definition) is 1. The second-order valence-corrected chi connectivity index (χ2v) is 5.59. The molecule has 2 aromatic heterocycles. The van der Waals surface area contributed by atoms with Gasteiger partial charge in [0.05, 0.1) is 5.39 Å². The summed E-state index contributed by atoms with van der Waals surface area (Å²) < 4.78 is 2.02. The van der Waals surface area contributed by atoms with Gasteiger partial charge < -0.3 is 10.3 Å². The summed E-state index contributed by atoms with van der Waals surface area (Å²) in [6, 6.07) is 17.7. The number of rotatable bonds is 2. The fraction of sp³-hybridized carbons (Fsp3) is 0. The molecule has 4 aromatic rings. The van der Waals surface area contributed by atoms with E-state index in [0.717, 1.165) is 33.5 Å². The minimum absolute atomic E-state index is 0.441. The molecule has 4 nitrogen and oxygen atoms in total. The lowest BCUT2D eigenvalue weighted by atomic mass is 10.1. The van der Waals surface area contributed by atoms with Gasteiger partial charge in [0.25, 0.3) is 0 Å². The normalized spacial score (nSPS) is 11.0. The SMILES string of the molecule is Nc1ccc(-c2cn(-c3ccccc3)c3ncnc(Cl)c23)cc1. The lowest BCUT2D eigenvalue weighted by Crippen LogP contribution is -1.93. The third-order valence-electron chi connectivity index (χ3n) is 3.79. The van der Waals surface area contributed by atoms with Crippen LogP contribution in [0.15, 0.2) is 67.1 Å². The van der Waals surface area contributed by atoms with Crippen LogP contribution in [0.1, 0.15) is 0 Å². The Hall–Kier alpha value is -2.85. The van der Waals surface area contributed by atoms with Gasteiger partial charge in [-0.15, -0.1) is 0 Å². The van der Waals surface area contributed by atoms with Gasteiger partial charge in [-0.3, -0.25) is 0 Å². The first kappa shape index (κ1) is 13.8. The molecular weight excluding hydrogens is 308 g/mol. The van der Waals surface area contributed by atoms with Crippen molar-refractivity contribution in [3.8, 4) is 16.8 Å². The number of halogens is 1. The summed E-state index contributed by atoms with van der Waals surface area (Å²) in [5.74, 6) is 0. The fourth-order valence-corrected chi connectivity index (χ4v) is 2.92. The summed E-state index contributed by atoms with van der Waals surface area (Å²) in [4.78, 5) is 8.56. The summed E-state index contributed by atoms with van der Waals surface area (Å²) in [6.45, 7) is 0. The molecule has 0 saturated heterocycles. The number of fused-ring (bicyclic) bond motifs is 1. The van der Waals surface area contributed by atoms with E-state index in [0.29, 0.717) is 5.15 Å². The molecule has 0 saturated carbocycles. The molecule has 0 atom stereocenters. The van der Waals surface area contributed by atoms with Gasteiger partial charge in [0.2, 0.25) is 0 Å². The smallest absolute Gasteiger partial charge is 0.150 e. The molecule has 2 aromatic carbocycles. The number of aromatic nitrogens is 3. The third-order valence-corrected chi connectivity index (χ3v) is 4.08. The molecule has 2 heterocycles. The van der Waals surface area contributed by atoms with Crippen molar-refractivity contribution in [1.29, 1.82) is 0 Å². The standard InChI is InChI=1S/C18H13ClN4/c19-17-16-15(12-6-8-13(20)9-7-12)10-23(18(16)22-11-21-17)14-4-2-1-3-5-14/h1-11H,20H2. The van der Waals surface area contributed by atoms with Crippen LogP contribution in [-0.2, 0) is 0 Å². The van der Waals surface area contributed by atoms with Gasteiger partial charge in [0.15, 0.2) is 0 Å².